The quantitative estimate of drug-likeness (QED) is 0.861. The van der Waals surface area contributed by atoms with Crippen LogP contribution in [-0.4, -0.2) is 32.3 Å². The molecule has 20 heavy (non-hydrogen) atoms. The molecule has 0 aliphatic rings. The summed E-state index contributed by atoms with van der Waals surface area (Å²) < 4.78 is 6.17. The number of hydrogen-bond donors (Lipinski definition) is 1. The fourth-order valence-corrected chi connectivity index (χ4v) is 1.83. The summed E-state index contributed by atoms with van der Waals surface area (Å²) in [7, 11) is 4.08. The minimum absolute atomic E-state index is 0.113. The van der Waals surface area contributed by atoms with E-state index >= 15 is 0 Å². The summed E-state index contributed by atoms with van der Waals surface area (Å²) in [6.45, 7) is 11.8. The van der Waals surface area contributed by atoms with Gasteiger partial charge in [-0.25, -0.2) is 0 Å². The zero-order valence-electron chi connectivity index (χ0n) is 14.0. The van der Waals surface area contributed by atoms with Crippen molar-refractivity contribution in [1.29, 1.82) is 0 Å². The van der Waals surface area contributed by atoms with E-state index in [0.717, 1.165) is 18.0 Å². The van der Waals surface area contributed by atoms with Crippen LogP contribution in [0.15, 0.2) is 24.3 Å². The lowest BCUT2D eigenvalue weighted by Crippen LogP contribution is -2.44. The molecule has 1 N–H and O–H groups in total. The maximum atomic E-state index is 6.17. The first-order valence-corrected chi connectivity index (χ1v) is 7.38. The molecule has 3 heteroatoms. The molecule has 3 nitrogen and oxygen atoms in total. The van der Waals surface area contributed by atoms with Gasteiger partial charge in [-0.2, -0.15) is 0 Å². The van der Waals surface area contributed by atoms with Crippen molar-refractivity contribution in [3.05, 3.63) is 24.3 Å². The average Bonchev–Trinajstić information content (AvgIpc) is 2.33. The van der Waals surface area contributed by atoms with E-state index in [-0.39, 0.29) is 11.6 Å². The fraction of sp³-hybridized carbons (Fsp3) is 0.647. The van der Waals surface area contributed by atoms with Gasteiger partial charge in [0.15, 0.2) is 0 Å². The Kier molecular flexibility index (Phi) is 5.88. The van der Waals surface area contributed by atoms with Crippen molar-refractivity contribution in [2.75, 3.05) is 25.5 Å². The number of anilines is 1. The molecule has 114 valence electrons. The highest BCUT2D eigenvalue weighted by molar-refractivity contribution is 5.49. The van der Waals surface area contributed by atoms with Gasteiger partial charge in [0.2, 0.25) is 0 Å². The highest BCUT2D eigenvalue weighted by Crippen LogP contribution is 2.22. The van der Waals surface area contributed by atoms with E-state index in [2.05, 4.69) is 57.0 Å². The molecule has 0 saturated heterocycles. The third kappa shape index (κ3) is 5.83. The highest BCUT2D eigenvalue weighted by Gasteiger charge is 2.18. The van der Waals surface area contributed by atoms with Crippen molar-refractivity contribution in [3.8, 4) is 5.75 Å². The number of hydrogen-bond acceptors (Lipinski definition) is 3. The van der Waals surface area contributed by atoms with Crippen LogP contribution in [0.2, 0.25) is 0 Å². The number of nitrogens with zero attached hydrogens (tertiary/aromatic N) is 1. The number of benzene rings is 1. The topological polar surface area (TPSA) is 24.5 Å². The van der Waals surface area contributed by atoms with Crippen LogP contribution in [0.3, 0.4) is 0 Å². The lowest BCUT2D eigenvalue weighted by molar-refractivity contribution is 0.140. The van der Waals surface area contributed by atoms with Crippen LogP contribution < -0.4 is 15.0 Å². The van der Waals surface area contributed by atoms with Crippen LogP contribution in [0.1, 0.15) is 34.6 Å². The normalized spacial score (nSPS) is 13.4. The van der Waals surface area contributed by atoms with Gasteiger partial charge in [0.1, 0.15) is 11.9 Å². The summed E-state index contributed by atoms with van der Waals surface area (Å²) in [5.74, 6) is 1.40. The Labute approximate surface area is 124 Å². The van der Waals surface area contributed by atoms with E-state index in [1.54, 1.807) is 0 Å². The zero-order chi connectivity index (χ0) is 15.3. The van der Waals surface area contributed by atoms with Crippen LogP contribution in [-0.2, 0) is 0 Å². The van der Waals surface area contributed by atoms with Crippen LogP contribution in [0.4, 0.5) is 5.69 Å². The maximum Gasteiger partial charge on any atom is 0.121 e. The number of rotatable bonds is 6. The molecule has 0 saturated carbocycles. The molecular weight excluding hydrogens is 248 g/mol. The molecule has 0 spiro atoms. The molecular formula is C17H30N2O. The molecule has 0 aliphatic heterocycles. The Hall–Kier alpha value is -1.22. The Balaban J connectivity index is 2.73. The smallest absolute Gasteiger partial charge is 0.121 e. The number of ether oxygens (including phenoxy) is 1. The van der Waals surface area contributed by atoms with Crippen LogP contribution >= 0.6 is 0 Å². The minimum atomic E-state index is 0.113. The molecule has 1 aromatic rings. The van der Waals surface area contributed by atoms with Gasteiger partial charge in [-0.05, 0) is 38.8 Å². The summed E-state index contributed by atoms with van der Waals surface area (Å²) in [5, 5.41) is 3.53. The van der Waals surface area contributed by atoms with E-state index in [1.807, 2.05) is 26.2 Å². The SMILES string of the molecule is CC(C)C(CNC(C)(C)C)Oc1cccc(N(C)C)c1. The van der Waals surface area contributed by atoms with Gasteiger partial charge in [-0.15, -0.1) is 0 Å². The van der Waals surface area contributed by atoms with Gasteiger partial charge >= 0.3 is 0 Å². The molecule has 1 unspecified atom stereocenters. The fourth-order valence-electron chi connectivity index (χ4n) is 1.83. The Morgan fingerprint density at radius 3 is 2.35 bits per heavy atom. The second-order valence-corrected chi connectivity index (χ2v) is 6.92. The van der Waals surface area contributed by atoms with Crippen molar-refractivity contribution in [2.45, 2.75) is 46.3 Å². The molecule has 0 radical (unpaired) electrons. The van der Waals surface area contributed by atoms with E-state index < -0.39 is 0 Å². The van der Waals surface area contributed by atoms with E-state index in [0.29, 0.717) is 5.92 Å². The van der Waals surface area contributed by atoms with Crippen molar-refractivity contribution < 1.29 is 4.74 Å². The lowest BCUT2D eigenvalue weighted by atomic mass is 10.0. The first-order chi connectivity index (χ1) is 9.19. The molecule has 0 heterocycles. The van der Waals surface area contributed by atoms with Gasteiger partial charge in [0, 0.05) is 37.9 Å². The van der Waals surface area contributed by atoms with Crippen molar-refractivity contribution in [1.82, 2.24) is 5.32 Å². The Morgan fingerprint density at radius 1 is 1.20 bits per heavy atom. The van der Waals surface area contributed by atoms with E-state index in [9.17, 15) is 0 Å². The van der Waals surface area contributed by atoms with Crippen molar-refractivity contribution >= 4 is 5.69 Å². The van der Waals surface area contributed by atoms with Gasteiger partial charge < -0.3 is 15.0 Å². The van der Waals surface area contributed by atoms with Crippen molar-refractivity contribution in [2.24, 2.45) is 5.92 Å². The standard InChI is InChI=1S/C17H30N2O/c1-13(2)16(12-18-17(3,4)5)20-15-10-8-9-14(11-15)19(6)7/h8-11,13,16,18H,12H2,1-7H3. The van der Waals surface area contributed by atoms with E-state index in [4.69, 9.17) is 4.74 Å². The Morgan fingerprint density at radius 2 is 1.85 bits per heavy atom. The molecule has 0 aliphatic carbocycles. The second-order valence-electron chi connectivity index (χ2n) is 6.92. The zero-order valence-corrected chi connectivity index (χ0v) is 14.0. The van der Waals surface area contributed by atoms with Crippen LogP contribution in [0, 0.1) is 5.92 Å². The minimum Gasteiger partial charge on any atom is -0.489 e. The predicted octanol–water partition coefficient (Wildman–Crippen LogP) is 3.54. The summed E-state index contributed by atoms with van der Waals surface area (Å²) in [4.78, 5) is 2.09. The average molecular weight is 278 g/mol. The highest BCUT2D eigenvalue weighted by atomic mass is 16.5. The van der Waals surface area contributed by atoms with Crippen LogP contribution in [0.25, 0.3) is 0 Å². The summed E-state index contributed by atoms with van der Waals surface area (Å²) in [5.41, 5.74) is 1.27. The molecule has 0 bridgehead atoms. The molecule has 1 atom stereocenters. The first-order valence-electron chi connectivity index (χ1n) is 7.38. The van der Waals surface area contributed by atoms with Gasteiger partial charge in [-0.3, -0.25) is 0 Å². The molecule has 0 aromatic heterocycles. The molecule has 0 fully saturated rings. The third-order valence-electron chi connectivity index (χ3n) is 3.20. The lowest BCUT2D eigenvalue weighted by Gasteiger charge is -2.28. The van der Waals surface area contributed by atoms with Gasteiger partial charge in [-0.1, -0.05) is 19.9 Å². The second kappa shape index (κ2) is 6.98. The Bertz CT molecular complexity index is 408. The summed E-state index contributed by atoms with van der Waals surface area (Å²) in [6, 6.07) is 8.25. The summed E-state index contributed by atoms with van der Waals surface area (Å²) in [6.07, 6.45) is 0.173. The molecule has 1 rings (SSSR count). The number of nitrogens with one attached hydrogen (secondary N) is 1. The predicted molar refractivity (Wildman–Crippen MR) is 87.8 cm³/mol. The maximum absolute atomic E-state index is 6.17. The van der Waals surface area contributed by atoms with Crippen molar-refractivity contribution in [3.63, 3.8) is 0 Å². The van der Waals surface area contributed by atoms with E-state index in [1.165, 1.54) is 0 Å². The van der Waals surface area contributed by atoms with Gasteiger partial charge in [0.25, 0.3) is 0 Å². The third-order valence-corrected chi connectivity index (χ3v) is 3.20. The largest absolute Gasteiger partial charge is 0.489 e. The molecule has 0 amide bonds. The first kappa shape index (κ1) is 16.8. The molecule has 1 aromatic carbocycles. The monoisotopic (exact) mass is 278 g/mol. The van der Waals surface area contributed by atoms with Gasteiger partial charge in [0.05, 0.1) is 0 Å². The van der Waals surface area contributed by atoms with Crippen LogP contribution in [0.5, 0.6) is 5.75 Å². The summed E-state index contributed by atoms with van der Waals surface area (Å²) >= 11 is 0.